The van der Waals surface area contributed by atoms with Crippen molar-refractivity contribution in [3.8, 4) is 0 Å². The third-order valence-corrected chi connectivity index (χ3v) is 3.37. The molecule has 0 atom stereocenters. The smallest absolute Gasteiger partial charge is 0.270 e. The molecule has 1 aromatic rings. The van der Waals surface area contributed by atoms with Gasteiger partial charge in [0.2, 0.25) is 11.5 Å². The molecule has 6 heteroatoms. The molecule has 20 heavy (non-hydrogen) atoms. The van der Waals surface area contributed by atoms with E-state index in [4.69, 9.17) is 0 Å². The van der Waals surface area contributed by atoms with E-state index in [-0.39, 0.29) is 23.3 Å². The van der Waals surface area contributed by atoms with Gasteiger partial charge in [-0.2, -0.15) is 0 Å². The van der Waals surface area contributed by atoms with Gasteiger partial charge in [-0.1, -0.05) is 19.9 Å². The second-order valence-electron chi connectivity index (χ2n) is 5.20. The number of H-pyrrole nitrogens is 1. The Hall–Kier alpha value is -2.11. The zero-order valence-corrected chi connectivity index (χ0v) is 11.8. The summed E-state index contributed by atoms with van der Waals surface area (Å²) in [4.78, 5) is 41.3. The van der Waals surface area contributed by atoms with Gasteiger partial charge >= 0.3 is 0 Å². The Balaban J connectivity index is 1.99. The van der Waals surface area contributed by atoms with Crippen LogP contribution in [0.15, 0.2) is 23.0 Å². The van der Waals surface area contributed by atoms with Gasteiger partial charge < -0.3 is 14.8 Å². The predicted molar refractivity (Wildman–Crippen MR) is 74.4 cm³/mol. The van der Waals surface area contributed by atoms with Gasteiger partial charge in [-0.3, -0.25) is 14.4 Å². The van der Waals surface area contributed by atoms with E-state index in [0.29, 0.717) is 31.9 Å². The minimum Gasteiger partial charge on any atom is -0.339 e. The van der Waals surface area contributed by atoms with Crippen LogP contribution in [0, 0.1) is 5.92 Å². The standard InChI is InChI=1S/C14H19N3O3/c1-10(2)13(19)16-6-8-17(9-7-16)14(20)11-4-3-5-12(18)15-11/h3-5,10H,6-9H2,1-2H3,(H,15,18). The molecule has 1 saturated heterocycles. The number of aromatic nitrogens is 1. The molecule has 0 aliphatic carbocycles. The number of carbonyl (C=O) groups is 2. The summed E-state index contributed by atoms with van der Waals surface area (Å²) in [5.41, 5.74) is 0.00519. The third kappa shape index (κ3) is 3.07. The fourth-order valence-electron chi connectivity index (χ4n) is 2.24. The molecule has 1 fully saturated rings. The largest absolute Gasteiger partial charge is 0.339 e. The predicted octanol–water partition coefficient (Wildman–Crippen LogP) is 0.315. The highest BCUT2D eigenvalue weighted by Gasteiger charge is 2.26. The number of aromatic amines is 1. The molecule has 2 amide bonds. The Kier molecular flexibility index (Phi) is 4.22. The lowest BCUT2D eigenvalue weighted by atomic mass is 10.1. The van der Waals surface area contributed by atoms with Crippen molar-refractivity contribution in [1.82, 2.24) is 14.8 Å². The summed E-state index contributed by atoms with van der Waals surface area (Å²) < 4.78 is 0. The van der Waals surface area contributed by atoms with Crippen LogP contribution in [-0.2, 0) is 4.79 Å². The van der Waals surface area contributed by atoms with Crippen LogP contribution >= 0.6 is 0 Å². The van der Waals surface area contributed by atoms with Crippen molar-refractivity contribution < 1.29 is 9.59 Å². The van der Waals surface area contributed by atoms with Crippen LogP contribution in [0.2, 0.25) is 0 Å². The molecule has 0 spiro atoms. The molecular formula is C14H19N3O3. The molecular weight excluding hydrogens is 258 g/mol. The minimum absolute atomic E-state index is 0.0253. The Morgan fingerprint density at radius 3 is 2.25 bits per heavy atom. The zero-order chi connectivity index (χ0) is 14.7. The molecule has 1 aliphatic heterocycles. The van der Waals surface area contributed by atoms with Crippen LogP contribution < -0.4 is 5.56 Å². The number of hydrogen-bond acceptors (Lipinski definition) is 3. The molecule has 0 saturated carbocycles. The molecule has 0 aromatic carbocycles. The van der Waals surface area contributed by atoms with E-state index < -0.39 is 0 Å². The Labute approximate surface area is 117 Å². The topological polar surface area (TPSA) is 73.5 Å². The SMILES string of the molecule is CC(C)C(=O)N1CCN(C(=O)c2cccc(=O)[nH]2)CC1. The highest BCUT2D eigenvalue weighted by atomic mass is 16.2. The van der Waals surface area contributed by atoms with Crippen molar-refractivity contribution in [2.45, 2.75) is 13.8 Å². The van der Waals surface area contributed by atoms with Crippen molar-refractivity contribution >= 4 is 11.8 Å². The molecule has 0 radical (unpaired) electrons. The van der Waals surface area contributed by atoms with Gasteiger partial charge in [-0.05, 0) is 6.07 Å². The van der Waals surface area contributed by atoms with Crippen LogP contribution in [0.5, 0.6) is 0 Å². The maximum Gasteiger partial charge on any atom is 0.270 e. The third-order valence-electron chi connectivity index (χ3n) is 3.37. The maximum absolute atomic E-state index is 12.2. The summed E-state index contributed by atoms with van der Waals surface area (Å²) >= 11 is 0. The van der Waals surface area contributed by atoms with Crippen molar-refractivity contribution in [3.63, 3.8) is 0 Å². The van der Waals surface area contributed by atoms with E-state index in [0.717, 1.165) is 0 Å². The molecule has 0 unspecified atom stereocenters. The van der Waals surface area contributed by atoms with Gasteiger partial charge in [0.1, 0.15) is 5.69 Å². The lowest BCUT2D eigenvalue weighted by Gasteiger charge is -2.35. The number of pyridine rings is 1. The van der Waals surface area contributed by atoms with Gasteiger partial charge in [0.25, 0.3) is 5.91 Å². The van der Waals surface area contributed by atoms with Crippen molar-refractivity contribution in [1.29, 1.82) is 0 Å². The second-order valence-corrected chi connectivity index (χ2v) is 5.20. The number of nitrogens with one attached hydrogen (secondary N) is 1. The second kappa shape index (κ2) is 5.90. The fraction of sp³-hybridized carbons (Fsp3) is 0.500. The van der Waals surface area contributed by atoms with Crippen LogP contribution in [0.1, 0.15) is 24.3 Å². The van der Waals surface area contributed by atoms with Crippen LogP contribution in [-0.4, -0.2) is 52.8 Å². The fourth-order valence-corrected chi connectivity index (χ4v) is 2.24. The quantitative estimate of drug-likeness (QED) is 0.846. The first-order chi connectivity index (χ1) is 9.49. The molecule has 108 valence electrons. The average Bonchev–Trinajstić information content (AvgIpc) is 2.46. The van der Waals surface area contributed by atoms with Crippen molar-refractivity contribution in [2.24, 2.45) is 5.92 Å². The lowest BCUT2D eigenvalue weighted by Crippen LogP contribution is -2.51. The van der Waals surface area contributed by atoms with Gasteiger partial charge in [0.05, 0.1) is 0 Å². The van der Waals surface area contributed by atoms with Crippen LogP contribution in [0.3, 0.4) is 0 Å². The summed E-state index contributed by atoms with van der Waals surface area (Å²) in [5.74, 6) is -0.104. The van der Waals surface area contributed by atoms with E-state index in [9.17, 15) is 14.4 Å². The number of nitrogens with zero attached hydrogens (tertiary/aromatic N) is 2. The van der Waals surface area contributed by atoms with E-state index in [1.54, 1.807) is 21.9 Å². The number of piperazine rings is 1. The Morgan fingerprint density at radius 1 is 1.10 bits per heavy atom. The Morgan fingerprint density at radius 2 is 1.70 bits per heavy atom. The highest BCUT2D eigenvalue weighted by Crippen LogP contribution is 2.09. The van der Waals surface area contributed by atoms with Gasteiger partial charge in [0, 0.05) is 38.2 Å². The van der Waals surface area contributed by atoms with Gasteiger partial charge in [-0.15, -0.1) is 0 Å². The van der Waals surface area contributed by atoms with Gasteiger partial charge in [-0.25, -0.2) is 0 Å². The number of carbonyl (C=O) groups excluding carboxylic acids is 2. The number of rotatable bonds is 2. The summed E-state index contributed by atoms with van der Waals surface area (Å²) in [6.07, 6.45) is 0. The molecule has 1 aliphatic rings. The van der Waals surface area contributed by atoms with Gasteiger partial charge in [0.15, 0.2) is 0 Å². The monoisotopic (exact) mass is 277 g/mol. The molecule has 1 N–H and O–H groups in total. The summed E-state index contributed by atoms with van der Waals surface area (Å²) in [6.45, 7) is 5.81. The van der Waals surface area contributed by atoms with Crippen LogP contribution in [0.25, 0.3) is 0 Å². The molecule has 2 heterocycles. The molecule has 6 nitrogen and oxygen atoms in total. The highest BCUT2D eigenvalue weighted by molar-refractivity contribution is 5.92. The maximum atomic E-state index is 12.2. The summed E-state index contributed by atoms with van der Waals surface area (Å²) in [5, 5.41) is 0. The lowest BCUT2D eigenvalue weighted by molar-refractivity contribution is -0.135. The number of hydrogen-bond donors (Lipinski definition) is 1. The van der Waals surface area contributed by atoms with E-state index in [1.165, 1.54) is 6.07 Å². The minimum atomic E-state index is -0.288. The molecule has 2 rings (SSSR count). The average molecular weight is 277 g/mol. The summed E-state index contributed by atoms with van der Waals surface area (Å²) in [6, 6.07) is 4.52. The van der Waals surface area contributed by atoms with E-state index in [2.05, 4.69) is 4.98 Å². The molecule has 0 bridgehead atoms. The first kappa shape index (κ1) is 14.3. The van der Waals surface area contributed by atoms with Crippen molar-refractivity contribution in [2.75, 3.05) is 26.2 Å². The van der Waals surface area contributed by atoms with Crippen molar-refractivity contribution in [3.05, 3.63) is 34.2 Å². The normalized spacial score (nSPS) is 15.6. The Bertz CT molecular complexity index is 557. The first-order valence-corrected chi connectivity index (χ1v) is 6.76. The number of amides is 2. The summed E-state index contributed by atoms with van der Waals surface area (Å²) in [7, 11) is 0. The first-order valence-electron chi connectivity index (χ1n) is 6.76. The van der Waals surface area contributed by atoms with E-state index in [1.807, 2.05) is 13.8 Å². The zero-order valence-electron chi connectivity index (χ0n) is 11.8. The van der Waals surface area contributed by atoms with Crippen LogP contribution in [0.4, 0.5) is 0 Å². The molecule has 1 aromatic heterocycles. The van der Waals surface area contributed by atoms with E-state index >= 15 is 0 Å².